The summed E-state index contributed by atoms with van der Waals surface area (Å²) in [6, 6.07) is 2.11. The largest absolute Gasteiger partial charge is 0.444 e. The van der Waals surface area contributed by atoms with Gasteiger partial charge >= 0.3 is 12.3 Å². The molecule has 2 aliphatic rings. The molecule has 2 fully saturated rings. The van der Waals surface area contributed by atoms with E-state index in [2.05, 4.69) is 10.2 Å². The van der Waals surface area contributed by atoms with Gasteiger partial charge in [0.15, 0.2) is 0 Å². The van der Waals surface area contributed by atoms with Gasteiger partial charge in [0.1, 0.15) is 28.5 Å². The van der Waals surface area contributed by atoms with E-state index < -0.39 is 29.1 Å². The number of benzene rings is 1. The molecule has 1 aliphatic carbocycles. The van der Waals surface area contributed by atoms with E-state index in [1.54, 1.807) is 9.58 Å². The van der Waals surface area contributed by atoms with Crippen molar-refractivity contribution < 1.29 is 31.9 Å². The van der Waals surface area contributed by atoms with Crippen LogP contribution in [0.5, 0.6) is 0 Å². The van der Waals surface area contributed by atoms with Crippen LogP contribution in [0.25, 0.3) is 11.3 Å². The van der Waals surface area contributed by atoms with Gasteiger partial charge in [-0.05, 0) is 69.2 Å². The van der Waals surface area contributed by atoms with Gasteiger partial charge in [-0.2, -0.15) is 23.4 Å². The van der Waals surface area contributed by atoms with Gasteiger partial charge in [-0.15, -0.1) is 0 Å². The number of carbonyl (C=O) groups is 2. The number of hydrogen-bond acceptors (Lipinski definition) is 6. The van der Waals surface area contributed by atoms with Gasteiger partial charge in [0.2, 0.25) is 0 Å². The van der Waals surface area contributed by atoms with Crippen molar-refractivity contribution in [2.75, 3.05) is 18.8 Å². The maximum absolute atomic E-state index is 13.7. The van der Waals surface area contributed by atoms with Crippen LogP contribution in [-0.4, -0.2) is 55.2 Å². The van der Waals surface area contributed by atoms with Crippen molar-refractivity contribution in [2.45, 2.75) is 64.4 Å². The molecule has 2 aromatic heterocycles. The molecule has 41 heavy (non-hydrogen) atoms. The average molecular weight is 578 g/mol. The van der Waals surface area contributed by atoms with E-state index in [9.17, 15) is 27.2 Å². The first-order valence-electron chi connectivity index (χ1n) is 13.1. The van der Waals surface area contributed by atoms with Crippen molar-refractivity contribution in [2.24, 2.45) is 11.1 Å². The summed E-state index contributed by atoms with van der Waals surface area (Å²) in [4.78, 5) is 26.6. The zero-order valence-electron chi connectivity index (χ0n) is 22.8. The Hall–Kier alpha value is -4.10. The number of aromatic nitrogens is 4. The molecule has 2 amide bonds. The summed E-state index contributed by atoms with van der Waals surface area (Å²) in [5.41, 5.74) is 10.4. The maximum Gasteiger partial charge on any atom is 0.416 e. The van der Waals surface area contributed by atoms with E-state index in [1.807, 2.05) is 20.8 Å². The number of halogens is 4. The third kappa shape index (κ3) is 5.59. The number of hydrogen-bond donors (Lipinski definition) is 2. The Kier molecular flexibility index (Phi) is 6.77. The summed E-state index contributed by atoms with van der Waals surface area (Å²) >= 11 is 0. The Morgan fingerprint density at radius 2 is 1.90 bits per heavy atom. The molecule has 1 saturated heterocycles. The molecule has 4 N–H and O–H groups in total. The van der Waals surface area contributed by atoms with Crippen molar-refractivity contribution in [3.63, 3.8) is 0 Å². The van der Waals surface area contributed by atoms with E-state index >= 15 is 0 Å². The molecule has 0 radical (unpaired) electrons. The minimum atomic E-state index is -4.67. The van der Waals surface area contributed by atoms with E-state index in [0.29, 0.717) is 37.6 Å². The molecule has 1 aromatic carbocycles. The molecular weight excluding hydrogens is 546 g/mol. The number of anilines is 1. The van der Waals surface area contributed by atoms with Gasteiger partial charge in [0.25, 0.3) is 5.91 Å². The number of alkyl halides is 3. The SMILES string of the molecule is CC(C)(C)OC(=O)N1CC[C@]2(C1)C[C@H](n1nc(-c3cnn(Cc4cc(F)ccc4C(F)(F)F)c3)c(C(N)=O)c1N)C2. The fourth-order valence-corrected chi connectivity index (χ4v) is 5.75. The number of primary amides is 1. The Morgan fingerprint density at radius 1 is 1.20 bits per heavy atom. The lowest BCUT2D eigenvalue weighted by Crippen LogP contribution is -2.43. The molecule has 0 bridgehead atoms. The third-order valence-corrected chi connectivity index (χ3v) is 7.58. The molecule has 0 atom stereocenters. The predicted molar refractivity (Wildman–Crippen MR) is 140 cm³/mol. The lowest BCUT2D eigenvalue weighted by molar-refractivity contribution is -0.138. The summed E-state index contributed by atoms with van der Waals surface area (Å²) in [5, 5.41) is 8.67. The Balaban J connectivity index is 1.35. The second-order valence-electron chi connectivity index (χ2n) is 11.9. The lowest BCUT2D eigenvalue weighted by Gasteiger charge is -2.45. The first kappa shape index (κ1) is 28.4. The molecule has 0 unspecified atom stereocenters. The highest BCUT2D eigenvalue weighted by atomic mass is 19.4. The number of ether oxygens (including phenoxy) is 1. The molecule has 3 heterocycles. The van der Waals surface area contributed by atoms with E-state index in [0.717, 1.165) is 18.6 Å². The Bertz CT molecular complexity index is 1500. The summed E-state index contributed by atoms with van der Waals surface area (Å²) in [5.74, 6) is -1.55. The van der Waals surface area contributed by atoms with E-state index in [-0.39, 0.29) is 46.7 Å². The van der Waals surface area contributed by atoms with Crippen LogP contribution in [0.2, 0.25) is 0 Å². The predicted octanol–water partition coefficient (Wildman–Crippen LogP) is 4.60. The van der Waals surface area contributed by atoms with Gasteiger partial charge in [0, 0.05) is 24.8 Å². The van der Waals surface area contributed by atoms with Gasteiger partial charge in [0.05, 0.1) is 24.3 Å². The van der Waals surface area contributed by atoms with E-state index in [1.165, 1.54) is 17.1 Å². The second kappa shape index (κ2) is 9.77. The van der Waals surface area contributed by atoms with Gasteiger partial charge < -0.3 is 21.1 Å². The summed E-state index contributed by atoms with van der Waals surface area (Å²) in [6.45, 7) is 6.20. The average Bonchev–Trinajstić information content (AvgIpc) is 3.53. The number of amides is 2. The number of likely N-dealkylation sites (tertiary alicyclic amines) is 1. The van der Waals surface area contributed by atoms with Crippen LogP contribution in [0.3, 0.4) is 0 Å². The van der Waals surface area contributed by atoms with Crippen LogP contribution in [0.1, 0.15) is 67.6 Å². The molecule has 14 heteroatoms. The normalized spacial score (nSPS) is 20.9. The highest BCUT2D eigenvalue weighted by Crippen LogP contribution is 2.55. The minimum Gasteiger partial charge on any atom is -0.444 e. The van der Waals surface area contributed by atoms with Crippen molar-refractivity contribution >= 4 is 17.8 Å². The lowest BCUT2D eigenvalue weighted by atomic mass is 9.65. The first-order chi connectivity index (χ1) is 19.1. The van der Waals surface area contributed by atoms with Crippen molar-refractivity contribution in [3.8, 4) is 11.3 Å². The zero-order valence-corrected chi connectivity index (χ0v) is 22.8. The molecule has 10 nitrogen and oxygen atoms in total. The van der Waals surface area contributed by atoms with Crippen LogP contribution in [0.15, 0.2) is 30.6 Å². The van der Waals surface area contributed by atoms with Crippen LogP contribution >= 0.6 is 0 Å². The van der Waals surface area contributed by atoms with Gasteiger partial charge in [-0.25, -0.2) is 13.9 Å². The number of carbonyl (C=O) groups excluding carboxylic acids is 2. The molecule has 5 rings (SSSR count). The molecule has 1 spiro atoms. The molecular formula is C27H31F4N7O3. The van der Waals surface area contributed by atoms with Crippen molar-refractivity contribution in [3.05, 3.63) is 53.1 Å². The van der Waals surface area contributed by atoms with Crippen LogP contribution < -0.4 is 11.5 Å². The zero-order chi connectivity index (χ0) is 29.9. The number of nitrogens with two attached hydrogens (primary N) is 2. The van der Waals surface area contributed by atoms with Crippen molar-refractivity contribution in [1.29, 1.82) is 0 Å². The molecule has 220 valence electrons. The first-order valence-corrected chi connectivity index (χ1v) is 13.1. The topological polar surface area (TPSA) is 134 Å². The highest BCUT2D eigenvalue weighted by molar-refractivity contribution is 6.03. The fraction of sp³-hybridized carbons (Fsp3) is 0.481. The van der Waals surface area contributed by atoms with Gasteiger partial charge in [-0.1, -0.05) is 0 Å². The van der Waals surface area contributed by atoms with E-state index in [4.69, 9.17) is 16.2 Å². The summed E-state index contributed by atoms with van der Waals surface area (Å²) < 4.78 is 62.3. The minimum absolute atomic E-state index is 0.0194. The molecule has 1 saturated carbocycles. The summed E-state index contributed by atoms with van der Waals surface area (Å²) in [7, 11) is 0. The van der Waals surface area contributed by atoms with Crippen molar-refractivity contribution in [1.82, 2.24) is 24.5 Å². The highest BCUT2D eigenvalue weighted by Gasteiger charge is 2.51. The number of nitrogen functional groups attached to an aromatic ring is 1. The standard InChI is InChI=1S/C27H31F4N7O3/c1-25(2,3)41-24(40)36-7-6-26(14-36)9-18(10-26)38-22(32)20(23(33)39)21(35-38)16-11-34-37(13-16)12-15-8-17(28)4-5-19(15)27(29,30)31/h4-5,8,11,13,18H,6-7,9-10,12,14,32H2,1-3H3,(H2,33,39)/t18-,26-. The fourth-order valence-electron chi connectivity index (χ4n) is 5.75. The molecule has 3 aromatic rings. The second-order valence-corrected chi connectivity index (χ2v) is 11.9. The monoisotopic (exact) mass is 577 g/mol. The third-order valence-electron chi connectivity index (χ3n) is 7.58. The molecule has 1 aliphatic heterocycles. The Morgan fingerprint density at radius 3 is 2.54 bits per heavy atom. The summed E-state index contributed by atoms with van der Waals surface area (Å²) in [6.07, 6.45) is -0.137. The van der Waals surface area contributed by atoms with Gasteiger partial charge in [-0.3, -0.25) is 9.48 Å². The number of nitrogens with zero attached hydrogens (tertiary/aromatic N) is 5. The van der Waals surface area contributed by atoms with Crippen LogP contribution in [-0.2, 0) is 17.5 Å². The quantitative estimate of drug-likeness (QED) is 0.426. The van der Waals surface area contributed by atoms with Crippen LogP contribution in [0.4, 0.5) is 28.2 Å². The number of rotatable bonds is 5. The van der Waals surface area contributed by atoms with Crippen LogP contribution in [0, 0.1) is 11.2 Å². The smallest absolute Gasteiger partial charge is 0.416 e. The Labute approximate surface area is 233 Å². The maximum atomic E-state index is 13.7.